The number of para-hydroxylation sites is 2. The predicted octanol–water partition coefficient (Wildman–Crippen LogP) is 4.10. The Hall–Kier alpha value is -3.28. The summed E-state index contributed by atoms with van der Waals surface area (Å²) in [5.41, 5.74) is 5.04. The third-order valence-electron chi connectivity index (χ3n) is 5.36. The summed E-state index contributed by atoms with van der Waals surface area (Å²) in [4.78, 5) is 14.6. The molecule has 1 amide bonds. The molecule has 1 heterocycles. The topological polar surface area (TPSA) is 56.6 Å². The quantitative estimate of drug-likeness (QED) is 0.564. The van der Waals surface area contributed by atoms with Crippen molar-refractivity contribution in [3.63, 3.8) is 0 Å². The first kappa shape index (κ1) is 21.4. The SMILES string of the molecule is COc1cccc(CCC(=O)N(C)Cc2c(C)nn(-c3ccccc3)c2C)c1OC. The van der Waals surface area contributed by atoms with E-state index in [0.29, 0.717) is 30.9 Å². The molecule has 0 atom stereocenters. The van der Waals surface area contributed by atoms with Gasteiger partial charge in [0.2, 0.25) is 5.91 Å². The van der Waals surface area contributed by atoms with Gasteiger partial charge in [0.05, 0.1) is 25.6 Å². The molecule has 0 fully saturated rings. The highest BCUT2D eigenvalue weighted by atomic mass is 16.5. The molecule has 0 spiro atoms. The summed E-state index contributed by atoms with van der Waals surface area (Å²) in [6, 6.07) is 15.8. The molecule has 0 saturated heterocycles. The Bertz CT molecular complexity index is 1010. The molecular formula is C24H29N3O3. The van der Waals surface area contributed by atoms with E-state index in [9.17, 15) is 4.79 Å². The van der Waals surface area contributed by atoms with Crippen molar-refractivity contribution in [2.24, 2.45) is 0 Å². The molecule has 6 heteroatoms. The lowest BCUT2D eigenvalue weighted by Gasteiger charge is -2.18. The molecule has 6 nitrogen and oxygen atoms in total. The number of nitrogens with zero attached hydrogens (tertiary/aromatic N) is 3. The van der Waals surface area contributed by atoms with Gasteiger partial charge in [0.15, 0.2) is 11.5 Å². The van der Waals surface area contributed by atoms with Crippen LogP contribution in [0.4, 0.5) is 0 Å². The van der Waals surface area contributed by atoms with Gasteiger partial charge in [-0.25, -0.2) is 4.68 Å². The largest absolute Gasteiger partial charge is 0.493 e. The molecule has 0 bridgehead atoms. The molecule has 0 unspecified atom stereocenters. The van der Waals surface area contributed by atoms with Gasteiger partial charge in [-0.1, -0.05) is 30.3 Å². The van der Waals surface area contributed by atoms with Crippen LogP contribution < -0.4 is 9.47 Å². The van der Waals surface area contributed by atoms with Crippen LogP contribution in [0, 0.1) is 13.8 Å². The summed E-state index contributed by atoms with van der Waals surface area (Å²) in [6.07, 6.45) is 0.982. The van der Waals surface area contributed by atoms with E-state index in [1.165, 1.54) is 0 Å². The highest BCUT2D eigenvalue weighted by Crippen LogP contribution is 2.31. The third-order valence-corrected chi connectivity index (χ3v) is 5.36. The van der Waals surface area contributed by atoms with Gasteiger partial charge in [-0.3, -0.25) is 4.79 Å². The van der Waals surface area contributed by atoms with Crippen LogP contribution in [-0.4, -0.2) is 41.9 Å². The zero-order chi connectivity index (χ0) is 21.7. The van der Waals surface area contributed by atoms with Gasteiger partial charge in [0.1, 0.15) is 0 Å². The molecular weight excluding hydrogens is 378 g/mol. The van der Waals surface area contributed by atoms with Crippen LogP contribution in [0.2, 0.25) is 0 Å². The molecule has 0 aliphatic heterocycles. The lowest BCUT2D eigenvalue weighted by molar-refractivity contribution is -0.130. The number of carbonyl (C=O) groups excluding carboxylic acids is 1. The van der Waals surface area contributed by atoms with Gasteiger partial charge in [0, 0.05) is 31.3 Å². The van der Waals surface area contributed by atoms with Crippen LogP contribution in [0.5, 0.6) is 11.5 Å². The first-order valence-electron chi connectivity index (χ1n) is 10.0. The number of aromatic nitrogens is 2. The number of hydrogen-bond acceptors (Lipinski definition) is 4. The molecule has 0 radical (unpaired) electrons. The number of carbonyl (C=O) groups is 1. The van der Waals surface area contributed by atoms with E-state index in [-0.39, 0.29) is 5.91 Å². The van der Waals surface area contributed by atoms with Gasteiger partial charge in [-0.2, -0.15) is 5.10 Å². The smallest absolute Gasteiger partial charge is 0.222 e. The van der Waals surface area contributed by atoms with Crippen molar-refractivity contribution in [3.05, 3.63) is 71.0 Å². The number of rotatable bonds is 8. The number of hydrogen-bond donors (Lipinski definition) is 0. The normalized spacial score (nSPS) is 10.7. The van der Waals surface area contributed by atoms with Crippen LogP contribution in [-0.2, 0) is 17.8 Å². The van der Waals surface area contributed by atoms with E-state index in [0.717, 1.165) is 28.2 Å². The second-order valence-electron chi connectivity index (χ2n) is 7.30. The molecule has 0 aliphatic rings. The average molecular weight is 408 g/mol. The first-order chi connectivity index (χ1) is 14.5. The van der Waals surface area contributed by atoms with E-state index in [1.807, 2.05) is 74.1 Å². The lowest BCUT2D eigenvalue weighted by atomic mass is 10.1. The van der Waals surface area contributed by atoms with E-state index in [2.05, 4.69) is 5.10 Å². The molecule has 0 saturated carbocycles. The van der Waals surface area contributed by atoms with Gasteiger partial charge < -0.3 is 14.4 Å². The summed E-state index contributed by atoms with van der Waals surface area (Å²) >= 11 is 0. The van der Waals surface area contributed by atoms with Crippen molar-refractivity contribution in [2.75, 3.05) is 21.3 Å². The fraction of sp³-hybridized carbons (Fsp3) is 0.333. The van der Waals surface area contributed by atoms with Crippen molar-refractivity contribution in [2.45, 2.75) is 33.2 Å². The van der Waals surface area contributed by atoms with Crippen molar-refractivity contribution in [1.29, 1.82) is 0 Å². The Morgan fingerprint density at radius 3 is 2.43 bits per heavy atom. The van der Waals surface area contributed by atoms with Gasteiger partial charge >= 0.3 is 0 Å². The minimum atomic E-state index is 0.0751. The summed E-state index contributed by atoms with van der Waals surface area (Å²) in [5, 5.41) is 4.68. The van der Waals surface area contributed by atoms with E-state index >= 15 is 0 Å². The summed E-state index contributed by atoms with van der Waals surface area (Å²) in [6.45, 7) is 4.56. The van der Waals surface area contributed by atoms with Gasteiger partial charge in [0.25, 0.3) is 0 Å². The van der Waals surface area contributed by atoms with E-state index < -0.39 is 0 Å². The molecule has 2 aromatic carbocycles. The van der Waals surface area contributed by atoms with Crippen LogP contribution >= 0.6 is 0 Å². The van der Waals surface area contributed by atoms with Crippen molar-refractivity contribution in [3.8, 4) is 17.2 Å². The third kappa shape index (κ3) is 4.48. The molecule has 3 aromatic rings. The number of methoxy groups -OCH3 is 2. The van der Waals surface area contributed by atoms with Crippen LogP contribution in [0.15, 0.2) is 48.5 Å². The maximum Gasteiger partial charge on any atom is 0.222 e. The van der Waals surface area contributed by atoms with Crippen LogP contribution in [0.25, 0.3) is 5.69 Å². The molecule has 0 aliphatic carbocycles. The van der Waals surface area contributed by atoms with Gasteiger partial charge in [-0.15, -0.1) is 0 Å². The summed E-state index contributed by atoms with van der Waals surface area (Å²) in [5.74, 6) is 1.44. The second-order valence-corrected chi connectivity index (χ2v) is 7.30. The fourth-order valence-electron chi connectivity index (χ4n) is 3.63. The highest BCUT2D eigenvalue weighted by Gasteiger charge is 2.18. The Labute approximate surface area is 178 Å². The highest BCUT2D eigenvalue weighted by molar-refractivity contribution is 5.76. The zero-order valence-corrected chi connectivity index (χ0v) is 18.3. The monoisotopic (exact) mass is 407 g/mol. The summed E-state index contributed by atoms with van der Waals surface area (Å²) in [7, 11) is 5.07. The average Bonchev–Trinajstić information content (AvgIpc) is 3.05. The van der Waals surface area contributed by atoms with E-state index in [1.54, 1.807) is 19.1 Å². The van der Waals surface area contributed by atoms with Gasteiger partial charge in [-0.05, 0) is 44.0 Å². The molecule has 158 valence electrons. The number of aryl methyl sites for hydroxylation is 2. The molecule has 30 heavy (non-hydrogen) atoms. The maximum atomic E-state index is 12.8. The number of benzene rings is 2. The van der Waals surface area contributed by atoms with Crippen molar-refractivity contribution in [1.82, 2.24) is 14.7 Å². The standard InChI is InChI=1S/C24H29N3O3/c1-17-21(18(2)27(25-17)20-11-7-6-8-12-20)16-26(3)23(28)15-14-19-10-9-13-22(29-4)24(19)30-5/h6-13H,14-16H2,1-5H3. The Kier molecular flexibility index (Phi) is 6.77. The molecule has 1 aromatic heterocycles. The van der Waals surface area contributed by atoms with Crippen molar-refractivity contribution >= 4 is 5.91 Å². The number of ether oxygens (including phenoxy) is 2. The minimum Gasteiger partial charge on any atom is -0.493 e. The predicted molar refractivity (Wildman–Crippen MR) is 117 cm³/mol. The summed E-state index contributed by atoms with van der Waals surface area (Å²) < 4.78 is 12.8. The second kappa shape index (κ2) is 9.48. The number of amides is 1. The Balaban J connectivity index is 1.69. The van der Waals surface area contributed by atoms with Crippen LogP contribution in [0.3, 0.4) is 0 Å². The zero-order valence-electron chi connectivity index (χ0n) is 18.3. The van der Waals surface area contributed by atoms with Crippen LogP contribution in [0.1, 0.15) is 28.9 Å². The van der Waals surface area contributed by atoms with Crippen molar-refractivity contribution < 1.29 is 14.3 Å². The Morgan fingerprint density at radius 2 is 1.77 bits per heavy atom. The molecule has 0 N–H and O–H groups in total. The Morgan fingerprint density at radius 1 is 1.03 bits per heavy atom. The molecule has 3 rings (SSSR count). The maximum absolute atomic E-state index is 12.8. The first-order valence-corrected chi connectivity index (χ1v) is 10.0. The fourth-order valence-corrected chi connectivity index (χ4v) is 3.63. The minimum absolute atomic E-state index is 0.0751. The van der Waals surface area contributed by atoms with E-state index in [4.69, 9.17) is 9.47 Å². The lowest BCUT2D eigenvalue weighted by Crippen LogP contribution is -2.27.